The highest BCUT2D eigenvalue weighted by Gasteiger charge is 2.13. The Bertz CT molecular complexity index is 919. The molecule has 0 atom stereocenters. The Morgan fingerprint density at radius 3 is 2.60 bits per heavy atom. The van der Waals surface area contributed by atoms with Gasteiger partial charge in [-0.2, -0.15) is 0 Å². The average molecular weight is 354 g/mol. The van der Waals surface area contributed by atoms with Gasteiger partial charge in [0.15, 0.2) is 0 Å². The van der Waals surface area contributed by atoms with Gasteiger partial charge in [0, 0.05) is 35.0 Å². The fourth-order valence-electron chi connectivity index (χ4n) is 2.93. The molecule has 0 unspecified atom stereocenters. The molecule has 0 spiro atoms. The number of halogens is 1. The van der Waals surface area contributed by atoms with Crippen molar-refractivity contribution in [1.29, 1.82) is 0 Å². The topological polar surface area (TPSA) is 45.2 Å². The highest BCUT2D eigenvalue weighted by atomic mass is 35.5. The maximum absolute atomic E-state index is 12.5. The fourth-order valence-corrected chi connectivity index (χ4v) is 3.10. The number of nitrogens with one attached hydrogen (secondary N) is 1. The molecule has 128 valence electrons. The maximum Gasteiger partial charge on any atom is 0.243 e. The largest absolute Gasteiger partial charge is 0.365 e. The monoisotopic (exact) mass is 353 g/mol. The first kappa shape index (κ1) is 17.2. The van der Waals surface area contributed by atoms with E-state index >= 15 is 0 Å². The van der Waals surface area contributed by atoms with E-state index in [1.165, 1.54) is 0 Å². The van der Waals surface area contributed by atoms with Gasteiger partial charge in [-0.15, -0.1) is 0 Å². The zero-order valence-electron chi connectivity index (χ0n) is 14.5. The number of carbonyl (C=O) groups excluding carboxylic acids is 1. The Morgan fingerprint density at radius 2 is 1.88 bits per heavy atom. The molecule has 1 heterocycles. The predicted octanol–water partition coefficient (Wildman–Crippen LogP) is 4.58. The number of anilines is 2. The molecular weight excluding hydrogens is 334 g/mol. The first-order chi connectivity index (χ1) is 12.0. The smallest absolute Gasteiger partial charge is 0.243 e. The molecule has 1 aromatic heterocycles. The van der Waals surface area contributed by atoms with E-state index in [4.69, 9.17) is 11.6 Å². The third-order valence-corrected chi connectivity index (χ3v) is 4.45. The first-order valence-electron chi connectivity index (χ1n) is 8.07. The third-order valence-electron chi connectivity index (χ3n) is 4.22. The predicted molar refractivity (Wildman–Crippen MR) is 105 cm³/mol. The minimum absolute atomic E-state index is 0.0566. The first-order valence-corrected chi connectivity index (χ1v) is 8.45. The van der Waals surface area contributed by atoms with Gasteiger partial charge in [0.2, 0.25) is 5.91 Å². The zero-order valence-corrected chi connectivity index (χ0v) is 15.3. The third kappa shape index (κ3) is 3.74. The molecular formula is C20H20ClN3O. The molecule has 0 aliphatic carbocycles. The van der Waals surface area contributed by atoms with Crippen molar-refractivity contribution < 1.29 is 4.79 Å². The molecule has 0 fully saturated rings. The molecule has 25 heavy (non-hydrogen) atoms. The molecule has 3 aromatic rings. The van der Waals surface area contributed by atoms with Crippen LogP contribution in [0.1, 0.15) is 11.1 Å². The second-order valence-corrected chi connectivity index (χ2v) is 6.60. The van der Waals surface area contributed by atoms with Gasteiger partial charge in [0.25, 0.3) is 0 Å². The van der Waals surface area contributed by atoms with Crippen molar-refractivity contribution >= 4 is 39.8 Å². The molecule has 0 aliphatic heterocycles. The van der Waals surface area contributed by atoms with Crippen LogP contribution in [-0.4, -0.2) is 24.5 Å². The van der Waals surface area contributed by atoms with Gasteiger partial charge in [-0.3, -0.25) is 9.78 Å². The number of hydrogen-bond donors (Lipinski definition) is 1. The van der Waals surface area contributed by atoms with E-state index in [-0.39, 0.29) is 12.5 Å². The number of pyridine rings is 1. The number of amides is 1. The standard InChI is InChI=1S/C20H20ClN3O/c1-13-5-4-6-14(2)20(13)23-19(25)12-24(3)18-9-10-22-17-11-15(21)7-8-16(17)18/h4-11H,12H2,1-3H3,(H,23,25). The Kier molecular flexibility index (Phi) is 4.91. The Hall–Kier alpha value is -2.59. The number of carbonyl (C=O) groups is 1. The molecule has 5 heteroatoms. The van der Waals surface area contributed by atoms with Crippen molar-refractivity contribution in [3.05, 3.63) is 64.8 Å². The second kappa shape index (κ2) is 7.11. The zero-order chi connectivity index (χ0) is 18.0. The van der Waals surface area contributed by atoms with Crippen LogP contribution in [0.25, 0.3) is 10.9 Å². The van der Waals surface area contributed by atoms with Crippen molar-refractivity contribution in [1.82, 2.24) is 4.98 Å². The maximum atomic E-state index is 12.5. The van der Waals surface area contributed by atoms with Gasteiger partial charge in [0.1, 0.15) is 0 Å². The van der Waals surface area contributed by atoms with Crippen molar-refractivity contribution in [2.75, 3.05) is 23.8 Å². The summed E-state index contributed by atoms with van der Waals surface area (Å²) in [5.74, 6) is -0.0566. The highest BCUT2D eigenvalue weighted by Crippen LogP contribution is 2.27. The highest BCUT2D eigenvalue weighted by molar-refractivity contribution is 6.31. The summed E-state index contributed by atoms with van der Waals surface area (Å²) in [6.45, 7) is 4.23. The van der Waals surface area contributed by atoms with Gasteiger partial charge < -0.3 is 10.2 Å². The molecule has 0 bridgehead atoms. The summed E-state index contributed by atoms with van der Waals surface area (Å²) in [5, 5.41) is 4.63. The Balaban J connectivity index is 1.80. The van der Waals surface area contributed by atoms with Crippen LogP contribution < -0.4 is 10.2 Å². The molecule has 0 saturated heterocycles. The number of likely N-dealkylation sites (N-methyl/N-ethyl adjacent to an activating group) is 1. The minimum atomic E-state index is -0.0566. The summed E-state index contributed by atoms with van der Waals surface area (Å²) in [6.07, 6.45) is 1.73. The van der Waals surface area contributed by atoms with Crippen LogP contribution in [0.3, 0.4) is 0 Å². The number of rotatable bonds is 4. The van der Waals surface area contributed by atoms with Gasteiger partial charge in [0.05, 0.1) is 12.1 Å². The SMILES string of the molecule is Cc1cccc(C)c1NC(=O)CN(C)c1ccnc2cc(Cl)ccc12. The number of aromatic nitrogens is 1. The van der Waals surface area contributed by atoms with E-state index in [2.05, 4.69) is 10.3 Å². The van der Waals surface area contributed by atoms with Gasteiger partial charge in [-0.05, 0) is 49.2 Å². The normalized spacial score (nSPS) is 10.7. The van der Waals surface area contributed by atoms with E-state index in [0.29, 0.717) is 5.02 Å². The lowest BCUT2D eigenvalue weighted by Crippen LogP contribution is -2.30. The Labute approximate surface area is 152 Å². The molecule has 0 radical (unpaired) electrons. The molecule has 2 aromatic carbocycles. The number of aryl methyl sites for hydroxylation is 2. The summed E-state index contributed by atoms with van der Waals surface area (Å²) in [4.78, 5) is 18.8. The van der Waals surface area contributed by atoms with Crippen LogP contribution in [0.5, 0.6) is 0 Å². The number of hydrogen-bond acceptors (Lipinski definition) is 3. The van der Waals surface area contributed by atoms with Gasteiger partial charge in [-0.1, -0.05) is 29.8 Å². The summed E-state index contributed by atoms with van der Waals surface area (Å²) < 4.78 is 0. The van der Waals surface area contributed by atoms with E-state index in [9.17, 15) is 4.79 Å². The van der Waals surface area contributed by atoms with Crippen LogP contribution in [0, 0.1) is 13.8 Å². The quantitative estimate of drug-likeness (QED) is 0.746. The van der Waals surface area contributed by atoms with E-state index < -0.39 is 0 Å². The second-order valence-electron chi connectivity index (χ2n) is 6.16. The van der Waals surface area contributed by atoms with Crippen molar-refractivity contribution in [2.24, 2.45) is 0 Å². The van der Waals surface area contributed by atoms with Crippen molar-refractivity contribution in [3.63, 3.8) is 0 Å². The molecule has 1 amide bonds. The van der Waals surface area contributed by atoms with Crippen LogP contribution in [0.2, 0.25) is 5.02 Å². The van der Waals surface area contributed by atoms with E-state index in [0.717, 1.165) is 33.4 Å². The molecule has 3 rings (SSSR count). The van der Waals surface area contributed by atoms with Crippen molar-refractivity contribution in [2.45, 2.75) is 13.8 Å². The number of nitrogens with zero attached hydrogens (tertiary/aromatic N) is 2. The number of fused-ring (bicyclic) bond motifs is 1. The molecule has 0 aliphatic rings. The molecule has 1 N–H and O–H groups in total. The fraction of sp³-hybridized carbons (Fsp3) is 0.200. The minimum Gasteiger partial charge on any atom is -0.365 e. The lowest BCUT2D eigenvalue weighted by Gasteiger charge is -2.21. The number of benzene rings is 2. The van der Waals surface area contributed by atoms with Crippen LogP contribution in [0.15, 0.2) is 48.7 Å². The van der Waals surface area contributed by atoms with E-state index in [1.807, 2.05) is 68.3 Å². The number of para-hydroxylation sites is 1. The summed E-state index contributed by atoms with van der Waals surface area (Å²) >= 11 is 6.04. The summed E-state index contributed by atoms with van der Waals surface area (Å²) in [7, 11) is 1.90. The lowest BCUT2D eigenvalue weighted by molar-refractivity contribution is -0.114. The lowest BCUT2D eigenvalue weighted by atomic mass is 10.1. The molecule has 0 saturated carbocycles. The molecule has 4 nitrogen and oxygen atoms in total. The van der Waals surface area contributed by atoms with Crippen LogP contribution >= 0.6 is 11.6 Å². The van der Waals surface area contributed by atoms with Gasteiger partial charge >= 0.3 is 0 Å². The Morgan fingerprint density at radius 1 is 1.16 bits per heavy atom. The summed E-state index contributed by atoms with van der Waals surface area (Å²) in [5.41, 5.74) is 4.75. The van der Waals surface area contributed by atoms with Crippen LogP contribution in [-0.2, 0) is 4.79 Å². The average Bonchev–Trinajstić information content (AvgIpc) is 2.57. The van der Waals surface area contributed by atoms with E-state index in [1.54, 1.807) is 6.20 Å². The van der Waals surface area contributed by atoms with Gasteiger partial charge in [-0.25, -0.2) is 0 Å². The summed E-state index contributed by atoms with van der Waals surface area (Å²) in [6, 6.07) is 13.5. The van der Waals surface area contributed by atoms with Crippen LogP contribution in [0.4, 0.5) is 11.4 Å². The van der Waals surface area contributed by atoms with Crippen molar-refractivity contribution in [3.8, 4) is 0 Å².